The molecule has 0 unspecified atom stereocenters. The van der Waals surface area contributed by atoms with E-state index in [1.165, 1.54) is 0 Å². The third kappa shape index (κ3) is 7.53. The smallest absolute Gasteiger partial charge is 0.315 e. The van der Waals surface area contributed by atoms with E-state index in [1.807, 2.05) is 44.2 Å². The summed E-state index contributed by atoms with van der Waals surface area (Å²) >= 11 is 0. The van der Waals surface area contributed by atoms with Crippen molar-refractivity contribution in [2.24, 2.45) is 0 Å². The van der Waals surface area contributed by atoms with E-state index in [2.05, 4.69) is 10.6 Å². The summed E-state index contributed by atoms with van der Waals surface area (Å²) in [5.74, 6) is -0.822. The number of nitrogens with one attached hydrogen (secondary N) is 2. The van der Waals surface area contributed by atoms with Crippen LogP contribution in [0.2, 0.25) is 0 Å². The fourth-order valence-corrected chi connectivity index (χ4v) is 1.55. The first-order valence-electron chi connectivity index (χ1n) is 6.77. The molecule has 0 radical (unpaired) electrons. The molecule has 2 N–H and O–H groups in total. The average Bonchev–Trinajstić information content (AvgIpc) is 2.42. The molecule has 0 aliphatic rings. The maximum atomic E-state index is 11.5. The first-order valence-corrected chi connectivity index (χ1v) is 6.77. The molecule has 1 aromatic rings. The van der Waals surface area contributed by atoms with Gasteiger partial charge in [0.1, 0.15) is 13.0 Å². The quantitative estimate of drug-likeness (QED) is 0.426. The lowest BCUT2D eigenvalue weighted by Gasteiger charge is -2.09. The predicted molar refractivity (Wildman–Crippen MR) is 77.0 cm³/mol. The van der Waals surface area contributed by atoms with Gasteiger partial charge in [-0.05, 0) is 5.56 Å². The third-order valence-electron chi connectivity index (χ3n) is 2.55. The molecule has 5 heteroatoms. The van der Waals surface area contributed by atoms with Crippen LogP contribution in [-0.4, -0.2) is 31.0 Å². The lowest BCUT2D eigenvalue weighted by atomic mass is 10.2. The van der Waals surface area contributed by atoms with Crippen LogP contribution in [0.3, 0.4) is 0 Å². The first-order chi connectivity index (χ1) is 9.58. The van der Waals surface area contributed by atoms with Crippen LogP contribution in [0.5, 0.6) is 0 Å². The van der Waals surface area contributed by atoms with Gasteiger partial charge >= 0.3 is 5.97 Å². The van der Waals surface area contributed by atoms with Crippen LogP contribution in [0.4, 0.5) is 0 Å². The van der Waals surface area contributed by atoms with Crippen molar-refractivity contribution in [2.45, 2.75) is 32.9 Å². The molecule has 0 saturated carbocycles. The Labute approximate surface area is 119 Å². The molecule has 1 rings (SSSR count). The zero-order valence-electron chi connectivity index (χ0n) is 12.0. The van der Waals surface area contributed by atoms with Crippen molar-refractivity contribution in [1.82, 2.24) is 10.6 Å². The van der Waals surface area contributed by atoms with Gasteiger partial charge in [-0.3, -0.25) is 9.59 Å². The summed E-state index contributed by atoms with van der Waals surface area (Å²) in [4.78, 5) is 22.9. The predicted octanol–water partition coefficient (Wildman–Crippen LogP) is 1.23. The summed E-state index contributed by atoms with van der Waals surface area (Å²) in [7, 11) is 0. The molecule has 20 heavy (non-hydrogen) atoms. The van der Waals surface area contributed by atoms with Gasteiger partial charge in [0.15, 0.2) is 0 Å². The Morgan fingerprint density at radius 3 is 2.50 bits per heavy atom. The standard InChI is InChI=1S/C15H22N2O3/c1-12(2)16-8-9-17-14(18)10-15(19)20-11-13-6-4-3-5-7-13/h3-7,12,16H,8-11H2,1-2H3,(H,17,18). The second kappa shape index (κ2) is 9.09. The monoisotopic (exact) mass is 278 g/mol. The van der Waals surface area contributed by atoms with E-state index in [1.54, 1.807) is 0 Å². The van der Waals surface area contributed by atoms with Crippen LogP contribution < -0.4 is 10.6 Å². The van der Waals surface area contributed by atoms with Gasteiger partial charge < -0.3 is 15.4 Å². The van der Waals surface area contributed by atoms with Crippen LogP contribution >= 0.6 is 0 Å². The molecule has 0 aromatic heterocycles. The minimum atomic E-state index is -0.511. The summed E-state index contributed by atoms with van der Waals surface area (Å²) in [6, 6.07) is 9.75. The molecular weight excluding hydrogens is 256 g/mol. The van der Waals surface area contributed by atoms with E-state index < -0.39 is 5.97 Å². The van der Waals surface area contributed by atoms with Crippen molar-refractivity contribution in [3.63, 3.8) is 0 Å². The van der Waals surface area contributed by atoms with Gasteiger partial charge in [0.05, 0.1) is 0 Å². The van der Waals surface area contributed by atoms with E-state index in [9.17, 15) is 9.59 Å². The Balaban J connectivity index is 2.13. The normalized spacial score (nSPS) is 10.3. The largest absolute Gasteiger partial charge is 0.460 e. The van der Waals surface area contributed by atoms with Gasteiger partial charge in [-0.2, -0.15) is 0 Å². The summed E-state index contributed by atoms with van der Waals surface area (Å²) < 4.78 is 5.03. The Morgan fingerprint density at radius 2 is 1.85 bits per heavy atom. The molecular formula is C15H22N2O3. The number of hydrogen-bond donors (Lipinski definition) is 2. The van der Waals surface area contributed by atoms with Crippen LogP contribution in [-0.2, 0) is 20.9 Å². The number of rotatable bonds is 8. The molecule has 0 spiro atoms. The summed E-state index contributed by atoms with van der Waals surface area (Å²) in [6.45, 7) is 5.44. The van der Waals surface area contributed by atoms with E-state index >= 15 is 0 Å². The number of ether oxygens (including phenoxy) is 1. The highest BCUT2D eigenvalue weighted by Gasteiger charge is 2.10. The van der Waals surface area contributed by atoms with Crippen LogP contribution in [0.15, 0.2) is 30.3 Å². The van der Waals surface area contributed by atoms with Gasteiger partial charge in [-0.1, -0.05) is 44.2 Å². The van der Waals surface area contributed by atoms with E-state index in [0.29, 0.717) is 19.1 Å². The van der Waals surface area contributed by atoms with Gasteiger partial charge in [0, 0.05) is 19.1 Å². The molecule has 0 fully saturated rings. The van der Waals surface area contributed by atoms with Gasteiger partial charge in [-0.25, -0.2) is 0 Å². The van der Waals surface area contributed by atoms with Crippen molar-refractivity contribution in [1.29, 1.82) is 0 Å². The molecule has 5 nitrogen and oxygen atoms in total. The fourth-order valence-electron chi connectivity index (χ4n) is 1.55. The molecule has 1 amide bonds. The number of amides is 1. The first kappa shape index (κ1) is 16.2. The van der Waals surface area contributed by atoms with Crippen LogP contribution in [0.1, 0.15) is 25.8 Å². The molecule has 0 bridgehead atoms. The second-order valence-electron chi connectivity index (χ2n) is 4.78. The molecule has 0 saturated heterocycles. The highest BCUT2D eigenvalue weighted by molar-refractivity contribution is 5.94. The molecule has 0 aliphatic carbocycles. The minimum absolute atomic E-state index is 0.196. The number of benzene rings is 1. The number of carbonyl (C=O) groups is 2. The zero-order valence-corrected chi connectivity index (χ0v) is 12.0. The molecule has 0 atom stereocenters. The topological polar surface area (TPSA) is 67.4 Å². The lowest BCUT2D eigenvalue weighted by Crippen LogP contribution is -2.35. The Morgan fingerprint density at radius 1 is 1.15 bits per heavy atom. The zero-order chi connectivity index (χ0) is 14.8. The molecule has 110 valence electrons. The van der Waals surface area contributed by atoms with E-state index in [0.717, 1.165) is 5.56 Å². The van der Waals surface area contributed by atoms with Crippen molar-refractivity contribution in [3.05, 3.63) is 35.9 Å². The van der Waals surface area contributed by atoms with Crippen LogP contribution in [0.25, 0.3) is 0 Å². The van der Waals surface area contributed by atoms with Crippen molar-refractivity contribution < 1.29 is 14.3 Å². The van der Waals surface area contributed by atoms with Crippen LogP contribution in [0, 0.1) is 0 Å². The van der Waals surface area contributed by atoms with Gasteiger partial charge in [-0.15, -0.1) is 0 Å². The second-order valence-corrected chi connectivity index (χ2v) is 4.78. The average molecular weight is 278 g/mol. The number of hydrogen-bond acceptors (Lipinski definition) is 4. The fraction of sp³-hybridized carbons (Fsp3) is 0.467. The van der Waals surface area contributed by atoms with Crippen molar-refractivity contribution >= 4 is 11.9 Å². The summed E-state index contributed by atoms with van der Waals surface area (Å²) in [6.07, 6.45) is -0.242. The van der Waals surface area contributed by atoms with Gasteiger partial charge in [0.2, 0.25) is 5.91 Å². The maximum absolute atomic E-state index is 11.5. The van der Waals surface area contributed by atoms with Crippen molar-refractivity contribution in [3.8, 4) is 0 Å². The summed E-state index contributed by atoms with van der Waals surface area (Å²) in [5.41, 5.74) is 0.905. The summed E-state index contributed by atoms with van der Waals surface area (Å²) in [5, 5.41) is 5.83. The van der Waals surface area contributed by atoms with E-state index in [4.69, 9.17) is 4.74 Å². The highest BCUT2D eigenvalue weighted by Crippen LogP contribution is 2.01. The van der Waals surface area contributed by atoms with Crippen molar-refractivity contribution in [2.75, 3.05) is 13.1 Å². The SMILES string of the molecule is CC(C)NCCNC(=O)CC(=O)OCc1ccccc1. The minimum Gasteiger partial charge on any atom is -0.460 e. The Bertz CT molecular complexity index is 418. The highest BCUT2D eigenvalue weighted by atomic mass is 16.5. The maximum Gasteiger partial charge on any atom is 0.315 e. The van der Waals surface area contributed by atoms with E-state index in [-0.39, 0.29) is 18.9 Å². The third-order valence-corrected chi connectivity index (χ3v) is 2.55. The van der Waals surface area contributed by atoms with Gasteiger partial charge in [0.25, 0.3) is 0 Å². The lowest BCUT2D eigenvalue weighted by molar-refractivity contribution is -0.147. The number of carbonyl (C=O) groups excluding carboxylic acids is 2. The molecule has 0 aliphatic heterocycles. The molecule has 1 aromatic carbocycles. The number of esters is 1. The molecule has 0 heterocycles. The Kier molecular flexibility index (Phi) is 7.35. The Hall–Kier alpha value is -1.88.